The molecule has 0 aliphatic rings. The SMILES string of the molecule is Cc1ccccc1CC(O)c1cnc2ccccc2n1. The van der Waals surface area contributed by atoms with Gasteiger partial charge in [-0.1, -0.05) is 36.4 Å². The molecule has 0 saturated carbocycles. The number of fused-ring (bicyclic) bond motifs is 1. The van der Waals surface area contributed by atoms with Crippen molar-refractivity contribution < 1.29 is 5.11 Å². The predicted molar refractivity (Wildman–Crippen MR) is 79.4 cm³/mol. The van der Waals surface area contributed by atoms with Crippen LogP contribution in [0.3, 0.4) is 0 Å². The second-order valence-electron chi connectivity index (χ2n) is 4.93. The Morgan fingerprint density at radius 2 is 1.70 bits per heavy atom. The molecule has 0 aliphatic carbocycles. The number of rotatable bonds is 3. The third kappa shape index (κ3) is 2.53. The first-order chi connectivity index (χ1) is 9.74. The Balaban J connectivity index is 1.89. The quantitative estimate of drug-likeness (QED) is 0.790. The molecule has 0 bridgehead atoms. The molecule has 0 saturated heterocycles. The maximum Gasteiger partial charge on any atom is 0.102 e. The van der Waals surface area contributed by atoms with Gasteiger partial charge >= 0.3 is 0 Å². The molecule has 3 heteroatoms. The number of aryl methyl sites for hydroxylation is 1. The Morgan fingerprint density at radius 3 is 2.50 bits per heavy atom. The minimum atomic E-state index is -0.631. The van der Waals surface area contributed by atoms with Crippen molar-refractivity contribution in [1.82, 2.24) is 9.97 Å². The summed E-state index contributed by atoms with van der Waals surface area (Å²) in [6, 6.07) is 15.8. The van der Waals surface area contributed by atoms with E-state index in [0.29, 0.717) is 12.1 Å². The molecule has 1 N–H and O–H groups in total. The molecular weight excluding hydrogens is 248 g/mol. The van der Waals surface area contributed by atoms with Crippen LogP contribution in [-0.2, 0) is 6.42 Å². The maximum absolute atomic E-state index is 10.4. The number of hydrogen-bond acceptors (Lipinski definition) is 3. The summed E-state index contributed by atoms with van der Waals surface area (Å²) in [5, 5.41) is 10.4. The van der Waals surface area contributed by atoms with E-state index in [0.717, 1.165) is 16.6 Å². The molecule has 0 radical (unpaired) electrons. The Bertz CT molecular complexity index is 740. The van der Waals surface area contributed by atoms with E-state index < -0.39 is 6.10 Å². The van der Waals surface area contributed by atoms with Crippen LogP contribution in [0.15, 0.2) is 54.7 Å². The maximum atomic E-state index is 10.4. The lowest BCUT2D eigenvalue weighted by Gasteiger charge is -2.12. The van der Waals surface area contributed by atoms with Crippen LogP contribution in [-0.4, -0.2) is 15.1 Å². The Hall–Kier alpha value is -2.26. The smallest absolute Gasteiger partial charge is 0.102 e. The van der Waals surface area contributed by atoms with Gasteiger partial charge in [-0.2, -0.15) is 0 Å². The first-order valence-electron chi connectivity index (χ1n) is 6.68. The van der Waals surface area contributed by atoms with Crippen LogP contribution in [0.5, 0.6) is 0 Å². The van der Waals surface area contributed by atoms with Crippen molar-refractivity contribution >= 4 is 11.0 Å². The van der Waals surface area contributed by atoms with Gasteiger partial charge < -0.3 is 5.11 Å². The van der Waals surface area contributed by atoms with Crippen molar-refractivity contribution in [3.8, 4) is 0 Å². The highest BCUT2D eigenvalue weighted by Gasteiger charge is 2.12. The summed E-state index contributed by atoms with van der Waals surface area (Å²) in [6.07, 6.45) is 1.58. The third-order valence-electron chi connectivity index (χ3n) is 3.48. The first kappa shape index (κ1) is 12.8. The lowest BCUT2D eigenvalue weighted by molar-refractivity contribution is 0.173. The molecule has 1 heterocycles. The van der Waals surface area contributed by atoms with Gasteiger partial charge in [0.2, 0.25) is 0 Å². The van der Waals surface area contributed by atoms with Crippen LogP contribution in [0, 0.1) is 6.92 Å². The number of aromatic nitrogens is 2. The van der Waals surface area contributed by atoms with E-state index in [9.17, 15) is 5.11 Å². The molecule has 3 nitrogen and oxygen atoms in total. The van der Waals surface area contributed by atoms with Gasteiger partial charge in [-0.25, -0.2) is 4.98 Å². The topological polar surface area (TPSA) is 46.0 Å². The van der Waals surface area contributed by atoms with Crippen LogP contribution in [0.2, 0.25) is 0 Å². The monoisotopic (exact) mass is 264 g/mol. The van der Waals surface area contributed by atoms with Gasteiger partial charge in [0.15, 0.2) is 0 Å². The lowest BCUT2D eigenvalue weighted by Crippen LogP contribution is -2.06. The van der Waals surface area contributed by atoms with E-state index in [2.05, 4.69) is 9.97 Å². The fourth-order valence-corrected chi connectivity index (χ4v) is 2.28. The van der Waals surface area contributed by atoms with Gasteiger partial charge in [0, 0.05) is 6.42 Å². The van der Waals surface area contributed by atoms with Gasteiger partial charge in [0.25, 0.3) is 0 Å². The number of benzene rings is 2. The van der Waals surface area contributed by atoms with Gasteiger partial charge in [-0.05, 0) is 30.2 Å². The number of aliphatic hydroxyl groups is 1. The molecule has 1 aromatic heterocycles. The van der Waals surface area contributed by atoms with E-state index in [-0.39, 0.29) is 0 Å². The molecule has 100 valence electrons. The zero-order chi connectivity index (χ0) is 13.9. The van der Waals surface area contributed by atoms with Gasteiger partial charge in [0.05, 0.1) is 22.9 Å². The highest BCUT2D eigenvalue weighted by molar-refractivity contribution is 5.73. The summed E-state index contributed by atoms with van der Waals surface area (Å²) in [5.41, 5.74) is 4.59. The molecular formula is C17H16N2O. The number of hydrogen-bond donors (Lipinski definition) is 1. The summed E-state index contributed by atoms with van der Waals surface area (Å²) in [6.45, 7) is 2.05. The average molecular weight is 264 g/mol. The minimum Gasteiger partial charge on any atom is -0.386 e. The van der Waals surface area contributed by atoms with Crippen LogP contribution < -0.4 is 0 Å². The average Bonchev–Trinajstić information content (AvgIpc) is 2.49. The number of nitrogens with zero attached hydrogens (tertiary/aromatic N) is 2. The Kier molecular flexibility index (Phi) is 3.44. The number of para-hydroxylation sites is 2. The Labute approximate surface area is 117 Å². The van der Waals surface area contributed by atoms with E-state index in [1.54, 1.807) is 6.20 Å². The van der Waals surface area contributed by atoms with Crippen LogP contribution in [0.4, 0.5) is 0 Å². The fourth-order valence-electron chi connectivity index (χ4n) is 2.28. The largest absolute Gasteiger partial charge is 0.386 e. The molecule has 1 atom stereocenters. The summed E-state index contributed by atoms with van der Waals surface area (Å²) in [5.74, 6) is 0. The van der Waals surface area contributed by atoms with Crippen LogP contribution in [0.25, 0.3) is 11.0 Å². The highest BCUT2D eigenvalue weighted by atomic mass is 16.3. The minimum absolute atomic E-state index is 0.555. The standard InChI is InChI=1S/C17H16N2O/c1-12-6-2-3-7-13(12)10-17(20)16-11-18-14-8-4-5-9-15(14)19-16/h2-9,11,17,20H,10H2,1H3. The van der Waals surface area contributed by atoms with E-state index in [1.807, 2.05) is 55.5 Å². The van der Waals surface area contributed by atoms with Gasteiger partial charge in [0.1, 0.15) is 6.10 Å². The highest BCUT2D eigenvalue weighted by Crippen LogP contribution is 2.20. The van der Waals surface area contributed by atoms with Crippen molar-refractivity contribution in [2.24, 2.45) is 0 Å². The normalized spacial score (nSPS) is 12.5. The van der Waals surface area contributed by atoms with Gasteiger partial charge in [-0.3, -0.25) is 4.98 Å². The molecule has 1 unspecified atom stereocenters. The molecule has 3 aromatic rings. The molecule has 3 rings (SSSR count). The molecule has 2 aromatic carbocycles. The second-order valence-corrected chi connectivity index (χ2v) is 4.93. The van der Waals surface area contributed by atoms with Crippen molar-refractivity contribution in [3.05, 3.63) is 71.5 Å². The zero-order valence-electron chi connectivity index (χ0n) is 11.3. The summed E-state index contributed by atoms with van der Waals surface area (Å²) < 4.78 is 0. The van der Waals surface area contributed by atoms with E-state index in [1.165, 1.54) is 5.56 Å². The molecule has 0 aliphatic heterocycles. The molecule has 0 amide bonds. The van der Waals surface area contributed by atoms with Crippen LogP contribution >= 0.6 is 0 Å². The van der Waals surface area contributed by atoms with E-state index >= 15 is 0 Å². The second kappa shape index (κ2) is 5.39. The van der Waals surface area contributed by atoms with Crippen molar-refractivity contribution in [2.45, 2.75) is 19.4 Å². The predicted octanol–water partition coefficient (Wildman–Crippen LogP) is 3.21. The summed E-state index contributed by atoms with van der Waals surface area (Å²) in [4.78, 5) is 8.83. The fraction of sp³-hybridized carbons (Fsp3) is 0.176. The van der Waals surface area contributed by atoms with Crippen LogP contribution in [0.1, 0.15) is 22.9 Å². The Morgan fingerprint density at radius 1 is 1.00 bits per heavy atom. The number of aliphatic hydroxyl groups excluding tert-OH is 1. The first-order valence-corrected chi connectivity index (χ1v) is 6.68. The summed E-state index contributed by atoms with van der Waals surface area (Å²) >= 11 is 0. The molecule has 20 heavy (non-hydrogen) atoms. The van der Waals surface area contributed by atoms with Crippen molar-refractivity contribution in [3.63, 3.8) is 0 Å². The molecule has 0 fully saturated rings. The van der Waals surface area contributed by atoms with Gasteiger partial charge in [-0.15, -0.1) is 0 Å². The van der Waals surface area contributed by atoms with Crippen molar-refractivity contribution in [1.29, 1.82) is 0 Å². The van der Waals surface area contributed by atoms with E-state index in [4.69, 9.17) is 0 Å². The summed E-state index contributed by atoms with van der Waals surface area (Å²) in [7, 11) is 0. The van der Waals surface area contributed by atoms with Crippen molar-refractivity contribution in [2.75, 3.05) is 0 Å². The third-order valence-corrected chi connectivity index (χ3v) is 3.48. The lowest BCUT2D eigenvalue weighted by atomic mass is 10.0. The molecule has 0 spiro atoms. The zero-order valence-corrected chi connectivity index (χ0v) is 11.3.